The molecule has 4 atom stereocenters. The first kappa shape index (κ1) is 22.6. The third kappa shape index (κ3) is 5.66. The molecule has 0 bridgehead atoms. The zero-order valence-electron chi connectivity index (χ0n) is 18.2. The number of nitrogens with zero attached hydrogens (tertiary/aromatic N) is 1. The number of rotatable bonds is 5. The number of carbonyl (C=O) groups excluding carboxylic acids is 1. The molecular formula is C19H38N2O5Si. The van der Waals surface area contributed by atoms with Gasteiger partial charge in [-0.25, -0.2) is 4.79 Å². The smallest absolute Gasteiger partial charge is 0.408 e. The number of aliphatic hydroxyl groups is 1. The Morgan fingerprint density at radius 3 is 2.41 bits per heavy atom. The van der Waals surface area contributed by atoms with Crippen LogP contribution in [0.2, 0.25) is 18.1 Å². The van der Waals surface area contributed by atoms with Gasteiger partial charge in [0.15, 0.2) is 8.32 Å². The molecule has 0 aliphatic carbocycles. The van der Waals surface area contributed by atoms with E-state index in [4.69, 9.17) is 14.0 Å². The molecule has 1 amide bonds. The first-order chi connectivity index (χ1) is 12.2. The summed E-state index contributed by atoms with van der Waals surface area (Å²) in [5.74, 6) is 0. The second-order valence-electron chi connectivity index (χ2n) is 10.2. The number of nitrogens with one attached hydrogen (secondary N) is 1. The van der Waals surface area contributed by atoms with Gasteiger partial charge in [-0.1, -0.05) is 20.8 Å². The zero-order chi connectivity index (χ0) is 20.6. The molecule has 2 rings (SSSR count). The fourth-order valence-electron chi connectivity index (χ4n) is 3.32. The van der Waals surface area contributed by atoms with Crippen molar-refractivity contribution in [1.29, 1.82) is 0 Å². The van der Waals surface area contributed by atoms with E-state index in [1.165, 1.54) is 0 Å². The third-order valence-electron chi connectivity index (χ3n) is 5.70. The van der Waals surface area contributed by atoms with Gasteiger partial charge in [-0.05, 0) is 51.7 Å². The van der Waals surface area contributed by atoms with E-state index in [1.54, 1.807) is 0 Å². The lowest BCUT2D eigenvalue weighted by molar-refractivity contribution is -0.154. The lowest BCUT2D eigenvalue weighted by Gasteiger charge is -2.40. The third-order valence-corrected chi connectivity index (χ3v) is 10.2. The average Bonchev–Trinajstić information content (AvgIpc) is 2.95. The van der Waals surface area contributed by atoms with E-state index in [9.17, 15) is 9.90 Å². The van der Waals surface area contributed by atoms with Gasteiger partial charge < -0.3 is 19.6 Å². The average molecular weight is 403 g/mol. The lowest BCUT2D eigenvalue weighted by Crippen LogP contribution is -2.53. The molecule has 0 unspecified atom stereocenters. The quantitative estimate of drug-likeness (QED) is 0.688. The number of ether oxygens (including phenoxy) is 1. The maximum atomic E-state index is 12.3. The SMILES string of the molecule is CC(C)(C)OC(=O)N[C@@H]1CN2O[C@H](CCO)C[C@H]2[C@@H]1O[Si](C)(C)C(C)(C)C. The fraction of sp³-hybridized carbons (Fsp3) is 0.947. The maximum Gasteiger partial charge on any atom is 0.408 e. The molecule has 2 heterocycles. The Morgan fingerprint density at radius 2 is 1.89 bits per heavy atom. The lowest BCUT2D eigenvalue weighted by atomic mass is 10.0. The number of carbonyl (C=O) groups is 1. The van der Waals surface area contributed by atoms with Crippen molar-refractivity contribution in [3.05, 3.63) is 0 Å². The highest BCUT2D eigenvalue weighted by molar-refractivity contribution is 6.74. The molecule has 0 aromatic carbocycles. The number of hydrogen-bond donors (Lipinski definition) is 2. The number of amides is 1. The molecule has 27 heavy (non-hydrogen) atoms. The molecule has 0 aromatic heterocycles. The van der Waals surface area contributed by atoms with Crippen LogP contribution in [0.1, 0.15) is 54.4 Å². The molecule has 2 aliphatic rings. The summed E-state index contributed by atoms with van der Waals surface area (Å²) in [7, 11) is -2.03. The van der Waals surface area contributed by atoms with E-state index in [-0.39, 0.29) is 35.9 Å². The minimum absolute atomic E-state index is 0.00740. The second-order valence-corrected chi connectivity index (χ2v) is 15.0. The van der Waals surface area contributed by atoms with E-state index in [1.807, 2.05) is 25.8 Å². The molecule has 8 heteroatoms. The normalized spacial score (nSPS) is 29.7. The Kier molecular flexibility index (Phi) is 6.69. The van der Waals surface area contributed by atoms with Gasteiger partial charge in [0.05, 0.1) is 24.3 Å². The van der Waals surface area contributed by atoms with Crippen LogP contribution in [0.3, 0.4) is 0 Å². The fourth-order valence-corrected chi connectivity index (χ4v) is 4.68. The second kappa shape index (κ2) is 7.98. The highest BCUT2D eigenvalue weighted by Gasteiger charge is 2.53. The van der Waals surface area contributed by atoms with Crippen LogP contribution in [0.4, 0.5) is 4.79 Å². The number of hydroxylamine groups is 2. The number of fused-ring (bicyclic) bond motifs is 1. The molecular weight excluding hydrogens is 364 g/mol. The van der Waals surface area contributed by atoms with E-state index < -0.39 is 20.0 Å². The van der Waals surface area contributed by atoms with Crippen molar-refractivity contribution < 1.29 is 23.9 Å². The molecule has 2 aliphatic heterocycles. The molecule has 0 aromatic rings. The Labute approximate surface area is 164 Å². The van der Waals surface area contributed by atoms with Crippen LogP contribution in [0.25, 0.3) is 0 Å². The summed E-state index contributed by atoms with van der Waals surface area (Å²) in [5.41, 5.74) is -0.544. The predicted molar refractivity (Wildman–Crippen MR) is 107 cm³/mol. The van der Waals surface area contributed by atoms with Gasteiger partial charge in [0, 0.05) is 13.2 Å². The van der Waals surface area contributed by atoms with Gasteiger partial charge in [0.25, 0.3) is 0 Å². The molecule has 0 spiro atoms. The van der Waals surface area contributed by atoms with Gasteiger partial charge in [0.1, 0.15) is 5.60 Å². The van der Waals surface area contributed by atoms with E-state index in [0.717, 1.165) is 6.42 Å². The topological polar surface area (TPSA) is 80.3 Å². The van der Waals surface area contributed by atoms with Crippen molar-refractivity contribution in [3.63, 3.8) is 0 Å². The van der Waals surface area contributed by atoms with Crippen LogP contribution >= 0.6 is 0 Å². The van der Waals surface area contributed by atoms with Crippen molar-refractivity contribution in [2.45, 2.75) is 102 Å². The maximum absolute atomic E-state index is 12.3. The largest absolute Gasteiger partial charge is 0.444 e. The van der Waals surface area contributed by atoms with Crippen molar-refractivity contribution >= 4 is 14.4 Å². The Balaban J connectivity index is 2.14. The summed E-state index contributed by atoms with van der Waals surface area (Å²) in [6.45, 7) is 17.3. The summed E-state index contributed by atoms with van der Waals surface area (Å²) < 4.78 is 12.2. The van der Waals surface area contributed by atoms with Gasteiger partial charge in [-0.2, -0.15) is 5.06 Å². The monoisotopic (exact) mass is 402 g/mol. The van der Waals surface area contributed by atoms with Crippen LogP contribution in [-0.2, 0) is 14.0 Å². The first-order valence-corrected chi connectivity index (χ1v) is 12.9. The van der Waals surface area contributed by atoms with Gasteiger partial charge >= 0.3 is 6.09 Å². The van der Waals surface area contributed by atoms with Crippen molar-refractivity contribution in [3.8, 4) is 0 Å². The number of hydrogen-bond acceptors (Lipinski definition) is 6. The molecule has 2 N–H and O–H groups in total. The molecule has 0 radical (unpaired) electrons. The Hall–Kier alpha value is -0.673. The summed E-state index contributed by atoms with van der Waals surface area (Å²) in [4.78, 5) is 18.3. The predicted octanol–water partition coefficient (Wildman–Crippen LogP) is 3.04. The van der Waals surface area contributed by atoms with E-state index >= 15 is 0 Å². The summed E-state index contributed by atoms with van der Waals surface area (Å²) in [5, 5.41) is 14.2. The number of aliphatic hydroxyl groups excluding tert-OH is 1. The summed E-state index contributed by atoms with van der Waals surface area (Å²) in [6, 6.07) is -0.107. The molecule has 0 saturated carbocycles. The van der Waals surface area contributed by atoms with Gasteiger partial charge in [-0.3, -0.25) is 4.84 Å². The van der Waals surface area contributed by atoms with Crippen molar-refractivity contribution in [2.24, 2.45) is 0 Å². The van der Waals surface area contributed by atoms with Crippen LogP contribution in [0.5, 0.6) is 0 Å². The van der Waals surface area contributed by atoms with Crippen LogP contribution < -0.4 is 5.32 Å². The van der Waals surface area contributed by atoms with Crippen LogP contribution in [0.15, 0.2) is 0 Å². The first-order valence-electron chi connectivity index (χ1n) is 9.95. The summed E-state index contributed by atoms with van der Waals surface area (Å²) in [6.07, 6.45) is 0.843. The number of alkyl carbamates (subject to hydrolysis) is 1. The highest BCUT2D eigenvalue weighted by atomic mass is 28.4. The Morgan fingerprint density at radius 1 is 1.26 bits per heavy atom. The minimum Gasteiger partial charge on any atom is -0.444 e. The molecule has 158 valence electrons. The molecule has 2 fully saturated rings. The zero-order valence-corrected chi connectivity index (χ0v) is 19.2. The van der Waals surface area contributed by atoms with E-state index in [0.29, 0.717) is 13.0 Å². The van der Waals surface area contributed by atoms with E-state index in [2.05, 4.69) is 39.2 Å². The summed E-state index contributed by atoms with van der Waals surface area (Å²) >= 11 is 0. The Bertz CT molecular complexity index is 529. The minimum atomic E-state index is -2.03. The van der Waals surface area contributed by atoms with Crippen LogP contribution in [0, 0.1) is 0 Å². The van der Waals surface area contributed by atoms with Crippen LogP contribution in [-0.4, -0.2) is 67.6 Å². The standard InChI is InChI=1S/C19H38N2O5Si/c1-18(2,3)24-17(23)20-14-12-21-15(11-13(25-21)9-10-22)16(14)26-27(7,8)19(4,5)6/h13-16,22H,9-12H2,1-8H3,(H,20,23)/t13-,14-,15+,16-/m1/s1. The van der Waals surface area contributed by atoms with Crippen molar-refractivity contribution in [1.82, 2.24) is 10.4 Å². The highest BCUT2D eigenvalue weighted by Crippen LogP contribution is 2.41. The van der Waals surface area contributed by atoms with Gasteiger partial charge in [0.2, 0.25) is 0 Å². The van der Waals surface area contributed by atoms with Crippen molar-refractivity contribution in [2.75, 3.05) is 13.2 Å². The molecule has 2 saturated heterocycles. The van der Waals surface area contributed by atoms with Gasteiger partial charge in [-0.15, -0.1) is 0 Å². The molecule has 7 nitrogen and oxygen atoms in total.